The molecule has 0 unspecified atom stereocenters. The van der Waals surface area contributed by atoms with Crippen LogP contribution in [0.5, 0.6) is 0 Å². The fraction of sp³-hybridized carbons (Fsp3) is 0.194. The zero-order valence-corrected chi connectivity index (χ0v) is 27.2. The second-order valence-electron chi connectivity index (χ2n) is 10.6. The molecule has 39 heavy (non-hydrogen) atoms. The van der Waals surface area contributed by atoms with Crippen LogP contribution in [0.3, 0.4) is 0 Å². The Labute approximate surface area is 260 Å². The Morgan fingerprint density at radius 1 is 0.821 bits per heavy atom. The Balaban J connectivity index is 0.000000228. The van der Waals surface area contributed by atoms with E-state index in [1.165, 1.54) is 88.0 Å². The van der Waals surface area contributed by atoms with E-state index in [0.717, 1.165) is 6.42 Å². The Kier molecular flexibility index (Phi) is 10.3. The molecular formula is C36H33Cl2Zr-. The quantitative estimate of drug-likeness (QED) is 0.383. The van der Waals surface area contributed by atoms with E-state index in [0.29, 0.717) is 0 Å². The fourth-order valence-corrected chi connectivity index (χ4v) is 6.43. The number of fused-ring (bicyclic) bond motifs is 2. The van der Waals surface area contributed by atoms with Gasteiger partial charge in [-0.05, 0) is 32.6 Å². The van der Waals surface area contributed by atoms with Crippen molar-refractivity contribution in [3.05, 3.63) is 152 Å². The standard InChI is InChI=1S/C23H23.C13H10.2ClH.Zr/c1-14-10-11-19-18(12-14)13-20-21(19)15(2)16(3)23(4,5)22(20)17-8-6-7-9-17;1-3-7-12(8-4-1)11-13-9-5-2-6-10-13;;;/h6-8,10-12H,9H2,1-5H3;1-10H;2*1H;/q-1;;;;+2/p-2. The zero-order chi connectivity index (χ0) is 26.2. The van der Waals surface area contributed by atoms with Crippen LogP contribution in [0.25, 0.3) is 11.6 Å². The molecule has 0 aromatic heterocycles. The van der Waals surface area contributed by atoms with Crippen LogP contribution in [-0.2, 0) is 24.2 Å². The fourth-order valence-electron chi connectivity index (χ4n) is 5.62. The van der Waals surface area contributed by atoms with Crippen LogP contribution < -0.4 is 35.3 Å². The first kappa shape index (κ1) is 31.2. The number of hydrogen-bond acceptors (Lipinski definition) is 0. The summed E-state index contributed by atoms with van der Waals surface area (Å²) in [7, 11) is 0. The van der Waals surface area contributed by atoms with Gasteiger partial charge < -0.3 is 24.8 Å². The van der Waals surface area contributed by atoms with Crippen LogP contribution in [-0.4, -0.2) is 3.21 Å². The van der Waals surface area contributed by atoms with E-state index in [-0.39, 0.29) is 30.2 Å². The van der Waals surface area contributed by atoms with Gasteiger partial charge in [0, 0.05) is 0 Å². The van der Waals surface area contributed by atoms with Gasteiger partial charge >= 0.3 is 99.2 Å². The summed E-state index contributed by atoms with van der Waals surface area (Å²) in [6.45, 7) is 11.5. The van der Waals surface area contributed by atoms with Gasteiger partial charge in [0.05, 0.1) is 0 Å². The van der Waals surface area contributed by atoms with Crippen molar-refractivity contribution >= 4 is 14.9 Å². The molecule has 196 valence electrons. The molecule has 0 atom stereocenters. The first-order chi connectivity index (χ1) is 17.8. The van der Waals surface area contributed by atoms with Crippen LogP contribution >= 0.6 is 0 Å². The number of aryl methyl sites for hydroxylation is 1. The van der Waals surface area contributed by atoms with E-state index in [1.807, 2.05) is 0 Å². The Morgan fingerprint density at radius 2 is 1.41 bits per heavy atom. The molecule has 0 bridgehead atoms. The predicted octanol–water partition coefficient (Wildman–Crippen LogP) is 1.19. The summed E-state index contributed by atoms with van der Waals surface area (Å²) in [6.07, 6.45) is 11.5. The molecule has 0 nitrogen and oxygen atoms in total. The van der Waals surface area contributed by atoms with E-state index in [4.69, 9.17) is 0 Å². The molecule has 0 saturated carbocycles. The minimum atomic E-state index is 0. The molecule has 3 aromatic carbocycles. The second-order valence-corrected chi connectivity index (χ2v) is 11.8. The zero-order valence-electron chi connectivity index (χ0n) is 23.2. The average Bonchev–Trinajstić information content (AvgIpc) is 3.56. The number of allylic oxidation sites excluding steroid dienone is 8. The van der Waals surface area contributed by atoms with Gasteiger partial charge in [0.2, 0.25) is 0 Å². The third kappa shape index (κ3) is 6.07. The van der Waals surface area contributed by atoms with E-state index >= 15 is 0 Å². The Bertz CT molecular complexity index is 1590. The molecule has 0 heterocycles. The van der Waals surface area contributed by atoms with Crippen molar-refractivity contribution in [2.75, 3.05) is 0 Å². The summed E-state index contributed by atoms with van der Waals surface area (Å²) >= 11 is 1.46. The van der Waals surface area contributed by atoms with Gasteiger partial charge in [-0.3, -0.25) is 0 Å². The van der Waals surface area contributed by atoms with Crippen LogP contribution in [0.1, 0.15) is 50.8 Å². The molecule has 0 fully saturated rings. The van der Waals surface area contributed by atoms with Gasteiger partial charge in [-0.15, -0.1) is 33.7 Å². The Hall–Kier alpha value is -2.31. The van der Waals surface area contributed by atoms with E-state index in [1.54, 1.807) is 0 Å². The maximum absolute atomic E-state index is 3.75. The predicted molar refractivity (Wildman–Crippen MR) is 154 cm³/mol. The monoisotopic (exact) mass is 625 g/mol. The average molecular weight is 628 g/mol. The number of benzene rings is 3. The van der Waals surface area contributed by atoms with Gasteiger partial charge in [0.25, 0.3) is 0 Å². The summed E-state index contributed by atoms with van der Waals surface area (Å²) in [5, 5.41) is 2.60. The summed E-state index contributed by atoms with van der Waals surface area (Å²) in [4.78, 5) is 0. The van der Waals surface area contributed by atoms with Crippen molar-refractivity contribution in [2.24, 2.45) is 5.41 Å². The molecule has 0 spiro atoms. The van der Waals surface area contributed by atoms with E-state index < -0.39 is 0 Å². The third-order valence-corrected chi connectivity index (χ3v) is 9.34. The third-order valence-electron chi connectivity index (χ3n) is 7.92. The van der Waals surface area contributed by atoms with Crippen molar-refractivity contribution in [3.8, 4) is 0 Å². The number of halogens is 2. The van der Waals surface area contributed by atoms with Gasteiger partial charge in [-0.25, -0.2) is 0 Å². The van der Waals surface area contributed by atoms with Gasteiger partial charge in [-0.1, -0.05) is 72.1 Å². The maximum atomic E-state index is 3.75. The van der Waals surface area contributed by atoms with Crippen LogP contribution in [0.15, 0.2) is 125 Å². The summed E-state index contributed by atoms with van der Waals surface area (Å²) in [5.74, 6) is 0. The summed E-state index contributed by atoms with van der Waals surface area (Å²) < 4.78 is 1.42. The van der Waals surface area contributed by atoms with Crippen molar-refractivity contribution in [1.29, 1.82) is 0 Å². The van der Waals surface area contributed by atoms with Crippen LogP contribution in [0.4, 0.5) is 0 Å². The number of rotatable bonds is 3. The first-order valence-corrected chi connectivity index (χ1v) is 14.3. The molecule has 0 saturated heterocycles. The van der Waals surface area contributed by atoms with E-state index in [2.05, 4.69) is 138 Å². The summed E-state index contributed by atoms with van der Waals surface area (Å²) in [5.41, 5.74) is 12.6. The molecule has 3 aliphatic carbocycles. The SMILES string of the molecule is CC1=C(C)C(C)(C)C(C2=CC=CC2)=C2[C-]=c3cc(C)ccc3=C12.[Cl-].[Cl-].[Zr+2]=[C](c1ccccc1)c1ccccc1. The molecule has 6 rings (SSSR count). The number of hydrogen-bond donors (Lipinski definition) is 0. The van der Waals surface area contributed by atoms with Gasteiger partial charge in [-0.2, -0.15) is 0 Å². The molecule has 3 aliphatic rings. The molecular weight excluding hydrogens is 595 g/mol. The normalized spacial score (nSPS) is 16.2. The van der Waals surface area contributed by atoms with Crippen molar-refractivity contribution < 1.29 is 49.0 Å². The topological polar surface area (TPSA) is 0 Å². The van der Waals surface area contributed by atoms with Gasteiger partial charge in [0.15, 0.2) is 0 Å². The Morgan fingerprint density at radius 3 is 1.95 bits per heavy atom. The van der Waals surface area contributed by atoms with Gasteiger partial charge in [0.1, 0.15) is 0 Å². The second kappa shape index (κ2) is 12.9. The van der Waals surface area contributed by atoms with Crippen LogP contribution in [0, 0.1) is 12.3 Å². The van der Waals surface area contributed by atoms with Crippen molar-refractivity contribution in [1.82, 2.24) is 0 Å². The van der Waals surface area contributed by atoms with Crippen molar-refractivity contribution in [3.63, 3.8) is 0 Å². The molecule has 0 radical (unpaired) electrons. The molecule has 0 amide bonds. The molecule has 0 N–H and O–H groups in total. The minimum absolute atomic E-state index is 0. The summed E-state index contributed by atoms with van der Waals surface area (Å²) in [6, 6.07) is 27.9. The van der Waals surface area contributed by atoms with E-state index in [9.17, 15) is 0 Å². The molecule has 0 aliphatic heterocycles. The molecule has 3 heteroatoms. The van der Waals surface area contributed by atoms with Crippen molar-refractivity contribution in [2.45, 2.75) is 41.0 Å². The van der Waals surface area contributed by atoms with Crippen LogP contribution in [0.2, 0.25) is 0 Å². The first-order valence-electron chi connectivity index (χ1n) is 13.0. The molecule has 3 aromatic rings.